The van der Waals surface area contributed by atoms with E-state index in [9.17, 15) is 9.00 Å². The van der Waals surface area contributed by atoms with Gasteiger partial charge < -0.3 is 9.47 Å². The monoisotopic (exact) mass is 236 g/mol. The highest BCUT2D eigenvalue weighted by molar-refractivity contribution is 7.86. The Labute approximate surface area is 93.8 Å². The highest BCUT2D eigenvalue weighted by Gasteiger charge is 2.25. The summed E-state index contributed by atoms with van der Waals surface area (Å²) in [5, 5.41) is -0.598. The van der Waals surface area contributed by atoms with Crippen molar-refractivity contribution in [2.45, 2.75) is 38.5 Å². The first-order valence-corrected chi connectivity index (χ1v) is 6.25. The van der Waals surface area contributed by atoms with Crippen LogP contribution in [0.2, 0.25) is 0 Å². The molecule has 0 aliphatic rings. The second-order valence-corrected chi connectivity index (χ2v) is 6.13. The van der Waals surface area contributed by atoms with Gasteiger partial charge in [0.05, 0.1) is 6.61 Å². The smallest absolute Gasteiger partial charge is 0.321 e. The van der Waals surface area contributed by atoms with E-state index in [1.807, 2.05) is 0 Å². The molecule has 0 radical (unpaired) electrons. The van der Waals surface area contributed by atoms with Crippen LogP contribution >= 0.6 is 0 Å². The van der Waals surface area contributed by atoms with Crippen molar-refractivity contribution in [3.8, 4) is 0 Å². The van der Waals surface area contributed by atoms with Crippen LogP contribution in [-0.4, -0.2) is 40.5 Å². The number of carbonyl (C=O) groups is 1. The third-order valence-corrected chi connectivity index (χ3v) is 3.17. The van der Waals surface area contributed by atoms with Crippen LogP contribution in [0.25, 0.3) is 0 Å². The molecular weight excluding hydrogens is 216 g/mol. The van der Waals surface area contributed by atoms with Gasteiger partial charge in [-0.25, -0.2) is 0 Å². The minimum absolute atomic E-state index is 0.358. The van der Waals surface area contributed by atoms with Gasteiger partial charge in [-0.2, -0.15) is 0 Å². The summed E-state index contributed by atoms with van der Waals surface area (Å²) in [5.74, 6) is -0.0615. The molecule has 15 heavy (non-hydrogen) atoms. The topological polar surface area (TPSA) is 52.6 Å². The molecule has 0 saturated carbocycles. The van der Waals surface area contributed by atoms with Crippen molar-refractivity contribution in [1.29, 1.82) is 0 Å². The molecule has 2 atom stereocenters. The quantitative estimate of drug-likeness (QED) is 0.671. The van der Waals surface area contributed by atoms with Gasteiger partial charge in [-0.1, -0.05) is 0 Å². The maximum Gasteiger partial charge on any atom is 0.321 e. The van der Waals surface area contributed by atoms with Crippen molar-refractivity contribution in [1.82, 2.24) is 0 Å². The number of hydrogen-bond donors (Lipinski definition) is 0. The van der Waals surface area contributed by atoms with E-state index in [0.29, 0.717) is 12.4 Å². The molecule has 0 bridgehead atoms. The highest BCUT2D eigenvalue weighted by Crippen LogP contribution is 2.10. The highest BCUT2D eigenvalue weighted by atomic mass is 32.2. The lowest BCUT2D eigenvalue weighted by Gasteiger charge is -2.21. The summed E-state index contributed by atoms with van der Waals surface area (Å²) in [4.78, 5) is 11.5. The Morgan fingerprint density at radius 1 is 1.40 bits per heavy atom. The molecule has 0 aromatic rings. The summed E-state index contributed by atoms with van der Waals surface area (Å²) in [7, 11) is 0.308. The largest absolute Gasteiger partial charge is 0.459 e. The first-order chi connectivity index (χ1) is 6.78. The standard InChI is InChI=1S/C10H20O4S/c1-8(15(12)7-6-13-5)9(11)14-10(2,3)4/h8H,6-7H2,1-5H3. The molecule has 0 spiro atoms. The summed E-state index contributed by atoms with van der Waals surface area (Å²) >= 11 is 0. The molecule has 2 unspecified atom stereocenters. The van der Waals surface area contributed by atoms with Gasteiger partial charge in [-0.3, -0.25) is 9.00 Å². The molecule has 0 saturated heterocycles. The molecule has 0 fully saturated rings. The molecule has 0 aliphatic carbocycles. The number of esters is 1. The lowest BCUT2D eigenvalue weighted by molar-refractivity contribution is -0.153. The van der Waals surface area contributed by atoms with E-state index in [0.717, 1.165) is 0 Å². The maximum absolute atomic E-state index is 11.6. The molecule has 0 heterocycles. The molecule has 4 nitrogen and oxygen atoms in total. The first-order valence-electron chi connectivity index (χ1n) is 4.87. The number of rotatable bonds is 5. The van der Waals surface area contributed by atoms with Crippen molar-refractivity contribution in [2.24, 2.45) is 0 Å². The zero-order valence-electron chi connectivity index (χ0n) is 10.0. The second kappa shape index (κ2) is 6.23. The predicted molar refractivity (Wildman–Crippen MR) is 60.2 cm³/mol. The second-order valence-electron chi connectivity index (χ2n) is 4.25. The van der Waals surface area contributed by atoms with Crippen molar-refractivity contribution < 1.29 is 18.5 Å². The molecule has 0 aliphatic heterocycles. The minimum Gasteiger partial charge on any atom is -0.459 e. The fraction of sp³-hybridized carbons (Fsp3) is 0.900. The summed E-state index contributed by atoms with van der Waals surface area (Å²) in [6.07, 6.45) is 0. The Balaban J connectivity index is 4.14. The molecule has 0 N–H and O–H groups in total. The minimum atomic E-state index is -1.23. The molecule has 0 amide bonds. The zero-order valence-corrected chi connectivity index (χ0v) is 10.8. The van der Waals surface area contributed by atoms with E-state index in [1.54, 1.807) is 27.7 Å². The Morgan fingerprint density at radius 2 is 1.93 bits per heavy atom. The van der Waals surface area contributed by atoms with Gasteiger partial charge in [0.25, 0.3) is 0 Å². The number of methoxy groups -OCH3 is 1. The van der Waals surface area contributed by atoms with E-state index in [2.05, 4.69) is 0 Å². The lowest BCUT2D eigenvalue weighted by atomic mass is 10.2. The van der Waals surface area contributed by atoms with Crippen LogP contribution in [0, 0.1) is 0 Å². The average molecular weight is 236 g/mol. The third-order valence-electron chi connectivity index (χ3n) is 1.62. The van der Waals surface area contributed by atoms with E-state index < -0.39 is 27.6 Å². The number of carbonyl (C=O) groups excluding carboxylic acids is 1. The van der Waals surface area contributed by atoms with Gasteiger partial charge in [0.2, 0.25) is 0 Å². The van der Waals surface area contributed by atoms with E-state index in [-0.39, 0.29) is 0 Å². The van der Waals surface area contributed by atoms with Gasteiger partial charge in [-0.15, -0.1) is 0 Å². The predicted octanol–water partition coefficient (Wildman–Crippen LogP) is 1.11. The molecule has 90 valence electrons. The summed E-state index contributed by atoms with van der Waals surface area (Å²) < 4.78 is 21.5. The summed E-state index contributed by atoms with van der Waals surface area (Å²) in [6, 6.07) is 0. The maximum atomic E-state index is 11.6. The molecule has 0 aromatic carbocycles. The van der Waals surface area contributed by atoms with Crippen LogP contribution in [0.4, 0.5) is 0 Å². The normalized spacial score (nSPS) is 15.8. The van der Waals surface area contributed by atoms with Crippen molar-refractivity contribution in [3.63, 3.8) is 0 Å². The SMILES string of the molecule is COCCS(=O)C(C)C(=O)OC(C)(C)C. The van der Waals surface area contributed by atoms with Crippen molar-refractivity contribution in [2.75, 3.05) is 19.5 Å². The van der Waals surface area contributed by atoms with Crippen LogP contribution in [-0.2, 0) is 25.1 Å². The molecular formula is C10H20O4S. The van der Waals surface area contributed by atoms with Crippen LogP contribution in [0.15, 0.2) is 0 Å². The van der Waals surface area contributed by atoms with E-state index in [1.165, 1.54) is 7.11 Å². The molecule has 5 heteroatoms. The average Bonchev–Trinajstić information content (AvgIpc) is 2.10. The van der Waals surface area contributed by atoms with Crippen LogP contribution in [0.3, 0.4) is 0 Å². The van der Waals surface area contributed by atoms with Crippen LogP contribution in [0.1, 0.15) is 27.7 Å². The number of hydrogen-bond acceptors (Lipinski definition) is 4. The van der Waals surface area contributed by atoms with Crippen LogP contribution < -0.4 is 0 Å². The molecule has 0 rings (SSSR count). The lowest BCUT2D eigenvalue weighted by Crippen LogP contribution is -2.33. The van der Waals surface area contributed by atoms with Crippen molar-refractivity contribution in [3.05, 3.63) is 0 Å². The Morgan fingerprint density at radius 3 is 2.33 bits per heavy atom. The summed E-state index contributed by atoms with van der Waals surface area (Å²) in [6.45, 7) is 7.36. The Hall–Kier alpha value is -0.420. The first kappa shape index (κ1) is 14.6. The van der Waals surface area contributed by atoms with Gasteiger partial charge in [0.15, 0.2) is 0 Å². The van der Waals surface area contributed by atoms with E-state index in [4.69, 9.17) is 9.47 Å². The molecule has 0 aromatic heterocycles. The fourth-order valence-corrected chi connectivity index (χ4v) is 1.78. The van der Waals surface area contributed by atoms with Gasteiger partial charge in [-0.05, 0) is 27.7 Å². The third kappa shape index (κ3) is 6.62. The Bertz CT molecular complexity index is 232. The zero-order chi connectivity index (χ0) is 12.1. The number of ether oxygens (including phenoxy) is 2. The van der Waals surface area contributed by atoms with Crippen molar-refractivity contribution >= 4 is 16.8 Å². The summed E-state index contributed by atoms with van der Waals surface area (Å²) in [5.41, 5.74) is -0.531. The van der Waals surface area contributed by atoms with Gasteiger partial charge in [0.1, 0.15) is 10.9 Å². The van der Waals surface area contributed by atoms with Gasteiger partial charge >= 0.3 is 5.97 Å². The fourth-order valence-electron chi connectivity index (χ4n) is 0.834. The van der Waals surface area contributed by atoms with Gasteiger partial charge in [0, 0.05) is 23.7 Å². The Kier molecular flexibility index (Phi) is 6.05. The van der Waals surface area contributed by atoms with E-state index >= 15 is 0 Å². The van der Waals surface area contributed by atoms with Crippen LogP contribution in [0.5, 0.6) is 0 Å².